The lowest BCUT2D eigenvalue weighted by Crippen LogP contribution is -2.46. The summed E-state index contributed by atoms with van der Waals surface area (Å²) < 4.78 is 5.09. The fourth-order valence-corrected chi connectivity index (χ4v) is 2.32. The molecule has 0 aromatic carbocycles. The molecule has 8 nitrogen and oxygen atoms in total. The predicted octanol–water partition coefficient (Wildman–Crippen LogP) is 1.40. The number of hydrogen-bond donors (Lipinski definition) is 3. The number of aromatic nitrogens is 1. The summed E-state index contributed by atoms with van der Waals surface area (Å²) in [5, 5.41) is 4.94. The summed E-state index contributed by atoms with van der Waals surface area (Å²) >= 11 is 7.35. The molecule has 0 saturated carbocycles. The third kappa shape index (κ3) is 6.63. The Balaban J connectivity index is 2.64. The molecule has 0 aliphatic rings. The number of rotatable bonds is 8. The fourth-order valence-electron chi connectivity index (χ4n) is 1.68. The van der Waals surface area contributed by atoms with E-state index in [0.29, 0.717) is 17.9 Å². The van der Waals surface area contributed by atoms with Gasteiger partial charge in [0.25, 0.3) is 5.91 Å². The number of pyridine rings is 1. The van der Waals surface area contributed by atoms with Gasteiger partial charge in [0, 0.05) is 6.20 Å². The number of nitrogens with one attached hydrogen (secondary N) is 2. The summed E-state index contributed by atoms with van der Waals surface area (Å²) in [5.74, 6) is -0.685. The first-order chi connectivity index (χ1) is 11.3. The zero-order valence-corrected chi connectivity index (χ0v) is 14.8. The second-order valence-electron chi connectivity index (χ2n) is 4.75. The van der Waals surface area contributed by atoms with E-state index in [0.717, 1.165) is 0 Å². The Morgan fingerprint density at radius 2 is 2.17 bits per heavy atom. The third-order valence-corrected chi connectivity index (χ3v) is 3.84. The van der Waals surface area contributed by atoms with Crippen molar-refractivity contribution in [2.45, 2.75) is 25.5 Å². The van der Waals surface area contributed by atoms with Gasteiger partial charge in [-0.15, -0.1) is 0 Å². The van der Waals surface area contributed by atoms with Gasteiger partial charge in [0.15, 0.2) is 11.3 Å². The number of esters is 1. The fraction of sp³-hybridized carbons (Fsp3) is 0.429. The second-order valence-corrected chi connectivity index (χ2v) is 6.10. The molecule has 0 fully saturated rings. The Bertz CT molecular complexity index is 602. The van der Waals surface area contributed by atoms with Crippen LogP contribution >= 0.6 is 23.4 Å². The van der Waals surface area contributed by atoms with E-state index < -0.39 is 30.1 Å². The predicted molar refractivity (Wildman–Crippen MR) is 92.9 cm³/mol. The number of urea groups is 1. The van der Waals surface area contributed by atoms with Crippen molar-refractivity contribution in [1.82, 2.24) is 10.3 Å². The molecule has 0 unspecified atom stereocenters. The Kier molecular flexibility index (Phi) is 8.34. The van der Waals surface area contributed by atoms with Gasteiger partial charge in [-0.1, -0.05) is 11.6 Å². The normalized spacial score (nSPS) is 12.8. The van der Waals surface area contributed by atoms with Gasteiger partial charge in [-0.25, -0.2) is 14.6 Å². The highest BCUT2D eigenvalue weighted by Crippen LogP contribution is 2.18. The van der Waals surface area contributed by atoms with Crippen molar-refractivity contribution in [2.24, 2.45) is 5.73 Å². The first-order valence-corrected chi connectivity index (χ1v) is 8.79. The van der Waals surface area contributed by atoms with Crippen LogP contribution in [0.4, 0.5) is 10.5 Å². The Morgan fingerprint density at radius 1 is 1.46 bits per heavy atom. The molecule has 0 spiro atoms. The van der Waals surface area contributed by atoms with Crippen LogP contribution in [0, 0.1) is 0 Å². The summed E-state index contributed by atoms with van der Waals surface area (Å²) in [7, 11) is 0. The lowest BCUT2D eigenvalue weighted by atomic mass is 10.2. The minimum Gasteiger partial charge on any atom is -0.451 e. The van der Waals surface area contributed by atoms with E-state index in [2.05, 4.69) is 15.6 Å². The maximum atomic E-state index is 12.1. The van der Waals surface area contributed by atoms with Crippen LogP contribution in [0.5, 0.6) is 0 Å². The lowest BCUT2D eigenvalue weighted by molar-refractivity contribution is -0.155. The topological polar surface area (TPSA) is 123 Å². The van der Waals surface area contributed by atoms with Crippen LogP contribution in [0.25, 0.3) is 0 Å². The largest absolute Gasteiger partial charge is 0.451 e. The molecule has 2 atom stereocenters. The molecule has 3 amide bonds. The number of hydrogen-bond acceptors (Lipinski definition) is 6. The first kappa shape index (κ1) is 20.0. The first-order valence-electron chi connectivity index (χ1n) is 7.02. The number of ether oxygens (including phenoxy) is 1. The van der Waals surface area contributed by atoms with Gasteiger partial charge < -0.3 is 21.1 Å². The molecule has 0 radical (unpaired) electrons. The van der Waals surface area contributed by atoms with Crippen LogP contribution in [-0.4, -0.2) is 47.0 Å². The number of primary amides is 1. The maximum Gasteiger partial charge on any atom is 0.329 e. The third-order valence-electron chi connectivity index (χ3n) is 2.89. The van der Waals surface area contributed by atoms with Crippen LogP contribution in [-0.2, 0) is 14.3 Å². The summed E-state index contributed by atoms with van der Waals surface area (Å²) in [6, 6.07) is 1.43. The monoisotopic (exact) mass is 374 g/mol. The average molecular weight is 375 g/mol. The Morgan fingerprint density at radius 3 is 2.75 bits per heavy atom. The highest BCUT2D eigenvalue weighted by Gasteiger charge is 2.26. The van der Waals surface area contributed by atoms with E-state index in [1.807, 2.05) is 6.26 Å². The lowest BCUT2D eigenvalue weighted by Gasteiger charge is -2.19. The van der Waals surface area contributed by atoms with Crippen LogP contribution in [0.3, 0.4) is 0 Å². The molecule has 132 valence electrons. The molecule has 1 aromatic heterocycles. The molecule has 1 heterocycles. The number of halogens is 1. The quantitative estimate of drug-likeness (QED) is 0.466. The highest BCUT2D eigenvalue weighted by molar-refractivity contribution is 7.98. The van der Waals surface area contributed by atoms with Gasteiger partial charge in [0.1, 0.15) is 6.04 Å². The molecule has 0 aliphatic carbocycles. The number of nitrogens with zero attached hydrogens (tertiary/aromatic N) is 1. The van der Waals surface area contributed by atoms with E-state index in [1.54, 1.807) is 12.1 Å². The smallest absolute Gasteiger partial charge is 0.329 e. The number of carbonyl (C=O) groups excluding carboxylic acids is 3. The Labute approximate surface area is 148 Å². The van der Waals surface area contributed by atoms with E-state index in [4.69, 9.17) is 22.1 Å². The molecule has 10 heteroatoms. The van der Waals surface area contributed by atoms with Crippen LogP contribution in [0.2, 0.25) is 5.15 Å². The molecule has 1 rings (SSSR count). The van der Waals surface area contributed by atoms with Crippen LogP contribution < -0.4 is 16.4 Å². The molecular weight excluding hydrogens is 356 g/mol. The van der Waals surface area contributed by atoms with E-state index in [1.165, 1.54) is 24.9 Å². The van der Waals surface area contributed by atoms with Crippen molar-refractivity contribution in [3.63, 3.8) is 0 Å². The van der Waals surface area contributed by atoms with Gasteiger partial charge in [-0.3, -0.25) is 4.79 Å². The number of amides is 3. The number of thioether (sulfide) groups is 1. The van der Waals surface area contributed by atoms with Crippen LogP contribution in [0.1, 0.15) is 13.3 Å². The van der Waals surface area contributed by atoms with Gasteiger partial charge in [0.2, 0.25) is 0 Å². The summed E-state index contributed by atoms with van der Waals surface area (Å²) in [4.78, 5) is 39.0. The van der Waals surface area contributed by atoms with Crippen molar-refractivity contribution in [3.8, 4) is 0 Å². The zero-order valence-electron chi connectivity index (χ0n) is 13.2. The van der Waals surface area contributed by atoms with Crippen molar-refractivity contribution in [1.29, 1.82) is 0 Å². The van der Waals surface area contributed by atoms with Crippen molar-refractivity contribution >= 4 is 47.0 Å². The maximum absolute atomic E-state index is 12.1. The molecule has 24 heavy (non-hydrogen) atoms. The highest BCUT2D eigenvalue weighted by atomic mass is 35.5. The SMILES string of the molecule is CSCC[C@H](NC(N)=O)C(=O)O[C@@H](C)C(=O)Nc1cccnc1Cl. The minimum atomic E-state index is -1.08. The number of carbonyl (C=O) groups is 3. The van der Waals surface area contributed by atoms with Gasteiger partial charge in [-0.05, 0) is 37.5 Å². The van der Waals surface area contributed by atoms with Crippen LogP contribution in [0.15, 0.2) is 18.3 Å². The summed E-state index contributed by atoms with van der Waals surface area (Å²) in [5.41, 5.74) is 5.35. The van der Waals surface area contributed by atoms with Gasteiger partial charge in [0.05, 0.1) is 5.69 Å². The van der Waals surface area contributed by atoms with Crippen molar-refractivity contribution in [2.75, 3.05) is 17.3 Å². The summed E-state index contributed by atoms with van der Waals surface area (Å²) in [6.45, 7) is 1.41. The molecular formula is C14H19ClN4O4S. The average Bonchev–Trinajstić information content (AvgIpc) is 2.53. The Hall–Kier alpha value is -2.00. The van der Waals surface area contributed by atoms with Crippen molar-refractivity contribution < 1.29 is 19.1 Å². The molecule has 1 aromatic rings. The molecule has 0 bridgehead atoms. The van der Waals surface area contributed by atoms with E-state index in [-0.39, 0.29) is 5.15 Å². The summed E-state index contributed by atoms with van der Waals surface area (Å²) in [6.07, 6.45) is 2.60. The van der Waals surface area contributed by atoms with Gasteiger partial charge in [-0.2, -0.15) is 11.8 Å². The molecule has 0 saturated heterocycles. The molecule has 4 N–H and O–H groups in total. The van der Waals surface area contributed by atoms with E-state index >= 15 is 0 Å². The standard InChI is InChI=1S/C14H19ClN4O4S/c1-8(12(20)18-9-4-3-6-17-11(9)15)23-13(21)10(5-7-24-2)19-14(16)22/h3-4,6,8,10H,5,7H2,1-2H3,(H,18,20)(H3,16,19,22)/t8-,10-/m0/s1. The number of anilines is 1. The molecule has 0 aliphatic heterocycles. The number of nitrogens with two attached hydrogens (primary N) is 1. The van der Waals surface area contributed by atoms with Gasteiger partial charge >= 0.3 is 12.0 Å². The van der Waals surface area contributed by atoms with E-state index in [9.17, 15) is 14.4 Å². The zero-order chi connectivity index (χ0) is 18.1. The minimum absolute atomic E-state index is 0.123. The van der Waals surface area contributed by atoms with Crippen molar-refractivity contribution in [3.05, 3.63) is 23.5 Å². The second kappa shape index (κ2) is 9.99.